The summed E-state index contributed by atoms with van der Waals surface area (Å²) in [4.78, 5) is 23.0. The Bertz CT molecular complexity index is 864. The highest BCUT2D eigenvalue weighted by atomic mass is 16.1. The van der Waals surface area contributed by atoms with Crippen molar-refractivity contribution < 1.29 is 4.79 Å². The van der Waals surface area contributed by atoms with Crippen molar-refractivity contribution in [2.45, 2.75) is 13.8 Å². The van der Waals surface area contributed by atoms with Gasteiger partial charge >= 0.3 is 0 Å². The van der Waals surface area contributed by atoms with Gasteiger partial charge < -0.3 is 10.2 Å². The SMILES string of the molecule is CCN(c1ccccc1)c1cc(C(=O)Nc2cccc(C)c2)ncn1. The van der Waals surface area contributed by atoms with Crippen molar-refractivity contribution >= 4 is 23.1 Å². The summed E-state index contributed by atoms with van der Waals surface area (Å²) in [6.07, 6.45) is 1.42. The molecule has 1 heterocycles. The molecule has 0 radical (unpaired) electrons. The first-order chi connectivity index (χ1) is 12.2. The molecule has 1 amide bonds. The molecule has 1 N–H and O–H groups in total. The first kappa shape index (κ1) is 16.6. The molecule has 2 aromatic carbocycles. The highest BCUT2D eigenvalue weighted by Gasteiger charge is 2.13. The second-order valence-electron chi connectivity index (χ2n) is 5.66. The summed E-state index contributed by atoms with van der Waals surface area (Å²) in [5.74, 6) is 0.441. The molecule has 25 heavy (non-hydrogen) atoms. The Morgan fingerprint density at radius 2 is 1.84 bits per heavy atom. The van der Waals surface area contributed by atoms with Gasteiger partial charge in [0.05, 0.1) is 0 Å². The predicted octanol–water partition coefficient (Wildman–Crippen LogP) is 4.20. The number of amides is 1. The first-order valence-corrected chi connectivity index (χ1v) is 8.20. The maximum absolute atomic E-state index is 12.5. The predicted molar refractivity (Wildman–Crippen MR) is 100 cm³/mol. The van der Waals surface area contributed by atoms with E-state index in [0.717, 1.165) is 23.5 Å². The quantitative estimate of drug-likeness (QED) is 0.761. The molecule has 5 nitrogen and oxygen atoms in total. The van der Waals surface area contributed by atoms with Crippen LogP contribution < -0.4 is 10.2 Å². The standard InChI is InChI=1S/C20H20N4O/c1-3-24(17-10-5-4-6-11-17)19-13-18(21-14-22-19)20(25)23-16-9-7-8-15(2)12-16/h4-14H,3H2,1-2H3,(H,23,25). The molecule has 3 aromatic rings. The fourth-order valence-corrected chi connectivity index (χ4v) is 2.62. The third-order valence-corrected chi connectivity index (χ3v) is 3.82. The molecule has 126 valence electrons. The zero-order valence-corrected chi connectivity index (χ0v) is 14.3. The van der Waals surface area contributed by atoms with E-state index in [2.05, 4.69) is 15.3 Å². The van der Waals surface area contributed by atoms with E-state index in [9.17, 15) is 4.79 Å². The molecule has 0 aliphatic rings. The summed E-state index contributed by atoms with van der Waals surface area (Å²) in [6.45, 7) is 4.76. The Kier molecular flexibility index (Phi) is 5.04. The Morgan fingerprint density at radius 3 is 2.56 bits per heavy atom. The number of hydrogen-bond donors (Lipinski definition) is 1. The number of nitrogens with one attached hydrogen (secondary N) is 1. The van der Waals surface area contributed by atoms with Gasteiger partial charge in [-0.05, 0) is 43.7 Å². The topological polar surface area (TPSA) is 58.1 Å². The molecule has 0 saturated heterocycles. The Balaban J connectivity index is 1.84. The van der Waals surface area contributed by atoms with Gasteiger partial charge in [-0.1, -0.05) is 30.3 Å². The average Bonchev–Trinajstić information content (AvgIpc) is 2.63. The summed E-state index contributed by atoms with van der Waals surface area (Å²) in [5.41, 5.74) is 3.19. The monoisotopic (exact) mass is 332 g/mol. The van der Waals surface area contributed by atoms with Gasteiger partial charge in [0.1, 0.15) is 17.8 Å². The van der Waals surface area contributed by atoms with E-state index in [4.69, 9.17) is 0 Å². The molecule has 0 unspecified atom stereocenters. The Morgan fingerprint density at radius 1 is 1.04 bits per heavy atom. The van der Waals surface area contributed by atoms with Crippen molar-refractivity contribution in [1.82, 2.24) is 9.97 Å². The van der Waals surface area contributed by atoms with Crippen LogP contribution in [0.3, 0.4) is 0 Å². The van der Waals surface area contributed by atoms with E-state index in [0.29, 0.717) is 11.5 Å². The number of anilines is 3. The van der Waals surface area contributed by atoms with Crippen LogP contribution in [0.15, 0.2) is 67.0 Å². The lowest BCUT2D eigenvalue weighted by Gasteiger charge is -2.22. The van der Waals surface area contributed by atoms with Gasteiger partial charge in [-0.3, -0.25) is 4.79 Å². The fourth-order valence-electron chi connectivity index (χ4n) is 2.62. The number of aryl methyl sites for hydroxylation is 1. The van der Waals surface area contributed by atoms with E-state index in [1.807, 2.05) is 73.3 Å². The molecular formula is C20H20N4O. The van der Waals surface area contributed by atoms with Crippen LogP contribution in [0, 0.1) is 6.92 Å². The Hall–Kier alpha value is -3.21. The highest BCUT2D eigenvalue weighted by Crippen LogP contribution is 2.23. The van der Waals surface area contributed by atoms with Crippen LogP contribution in [0.1, 0.15) is 23.0 Å². The number of hydrogen-bond acceptors (Lipinski definition) is 4. The number of nitrogens with zero attached hydrogens (tertiary/aromatic N) is 3. The molecule has 0 fully saturated rings. The highest BCUT2D eigenvalue weighted by molar-refractivity contribution is 6.03. The van der Waals surface area contributed by atoms with Crippen LogP contribution in [-0.4, -0.2) is 22.4 Å². The summed E-state index contributed by atoms with van der Waals surface area (Å²) in [6, 6.07) is 19.3. The molecule has 5 heteroatoms. The number of benzene rings is 2. The van der Waals surface area contributed by atoms with Gasteiger partial charge in [0.25, 0.3) is 5.91 Å². The van der Waals surface area contributed by atoms with Gasteiger partial charge in [-0.15, -0.1) is 0 Å². The number of carbonyl (C=O) groups is 1. The van der Waals surface area contributed by atoms with Crippen molar-refractivity contribution in [3.05, 3.63) is 78.2 Å². The normalized spacial score (nSPS) is 10.3. The lowest BCUT2D eigenvalue weighted by Crippen LogP contribution is -2.20. The van der Waals surface area contributed by atoms with Crippen LogP contribution in [-0.2, 0) is 0 Å². The fraction of sp³-hybridized carbons (Fsp3) is 0.150. The van der Waals surface area contributed by atoms with Crippen LogP contribution in [0.4, 0.5) is 17.2 Å². The van der Waals surface area contributed by atoms with Gasteiger partial charge in [0.2, 0.25) is 0 Å². The van der Waals surface area contributed by atoms with Gasteiger partial charge in [-0.25, -0.2) is 9.97 Å². The summed E-state index contributed by atoms with van der Waals surface area (Å²) < 4.78 is 0. The van der Waals surface area contributed by atoms with Crippen molar-refractivity contribution in [1.29, 1.82) is 0 Å². The zero-order chi connectivity index (χ0) is 17.6. The Labute approximate surface area is 147 Å². The minimum atomic E-state index is -0.252. The van der Waals surface area contributed by atoms with Crippen LogP contribution in [0.2, 0.25) is 0 Å². The van der Waals surface area contributed by atoms with E-state index in [-0.39, 0.29) is 5.91 Å². The zero-order valence-electron chi connectivity index (χ0n) is 14.3. The smallest absolute Gasteiger partial charge is 0.274 e. The number of rotatable bonds is 5. The molecule has 0 saturated carbocycles. The number of carbonyl (C=O) groups excluding carboxylic acids is 1. The second kappa shape index (κ2) is 7.57. The molecule has 0 aliphatic carbocycles. The summed E-state index contributed by atoms with van der Waals surface area (Å²) >= 11 is 0. The molecule has 0 atom stereocenters. The minimum Gasteiger partial charge on any atom is -0.327 e. The summed E-state index contributed by atoms with van der Waals surface area (Å²) in [5, 5.41) is 2.88. The second-order valence-corrected chi connectivity index (χ2v) is 5.66. The van der Waals surface area contributed by atoms with Crippen molar-refractivity contribution in [3.63, 3.8) is 0 Å². The largest absolute Gasteiger partial charge is 0.327 e. The molecular weight excluding hydrogens is 312 g/mol. The van der Waals surface area contributed by atoms with Gasteiger partial charge in [0.15, 0.2) is 0 Å². The van der Waals surface area contributed by atoms with E-state index in [1.165, 1.54) is 6.33 Å². The van der Waals surface area contributed by atoms with Crippen molar-refractivity contribution in [3.8, 4) is 0 Å². The van der Waals surface area contributed by atoms with Gasteiger partial charge in [0, 0.05) is 24.0 Å². The van der Waals surface area contributed by atoms with Crippen molar-refractivity contribution in [2.75, 3.05) is 16.8 Å². The molecule has 1 aromatic heterocycles. The molecule has 0 aliphatic heterocycles. The lowest BCUT2D eigenvalue weighted by atomic mass is 10.2. The third-order valence-electron chi connectivity index (χ3n) is 3.82. The van der Waals surface area contributed by atoms with Gasteiger partial charge in [-0.2, -0.15) is 0 Å². The molecule has 3 rings (SSSR count). The maximum Gasteiger partial charge on any atom is 0.274 e. The lowest BCUT2D eigenvalue weighted by molar-refractivity contribution is 0.102. The van der Waals surface area contributed by atoms with Crippen LogP contribution in [0.25, 0.3) is 0 Å². The average molecular weight is 332 g/mol. The third kappa shape index (κ3) is 4.01. The summed E-state index contributed by atoms with van der Waals surface area (Å²) in [7, 11) is 0. The minimum absolute atomic E-state index is 0.252. The van der Waals surface area contributed by atoms with E-state index < -0.39 is 0 Å². The van der Waals surface area contributed by atoms with Crippen molar-refractivity contribution in [2.24, 2.45) is 0 Å². The number of aromatic nitrogens is 2. The van der Waals surface area contributed by atoms with Crippen LogP contribution >= 0.6 is 0 Å². The molecule has 0 bridgehead atoms. The first-order valence-electron chi connectivity index (χ1n) is 8.20. The van der Waals surface area contributed by atoms with E-state index in [1.54, 1.807) is 6.07 Å². The van der Waals surface area contributed by atoms with E-state index >= 15 is 0 Å². The number of para-hydroxylation sites is 1. The molecule has 0 spiro atoms. The van der Waals surface area contributed by atoms with Crippen LogP contribution in [0.5, 0.6) is 0 Å². The maximum atomic E-state index is 12.5.